The molecular weight excluding hydrogens is 266 g/mol. The molecule has 6 heteroatoms. The monoisotopic (exact) mass is 293 g/mol. The lowest BCUT2D eigenvalue weighted by Crippen LogP contribution is -2.44. The van der Waals surface area contributed by atoms with Gasteiger partial charge in [0.25, 0.3) is 0 Å². The third-order valence-electron chi connectivity index (χ3n) is 4.27. The molecule has 1 aliphatic rings. The van der Waals surface area contributed by atoms with Crippen LogP contribution < -0.4 is 11.1 Å². The zero-order chi connectivity index (χ0) is 15.2. The van der Waals surface area contributed by atoms with Gasteiger partial charge in [0, 0.05) is 44.0 Å². The number of likely N-dealkylation sites (tertiary alicyclic amines) is 1. The van der Waals surface area contributed by atoms with Crippen molar-refractivity contribution < 1.29 is 4.79 Å². The van der Waals surface area contributed by atoms with Crippen LogP contribution in [-0.4, -0.2) is 46.8 Å². The Bertz CT molecular complexity index is 459. The second kappa shape index (κ2) is 7.56. The molecule has 1 aliphatic heterocycles. The number of aromatic nitrogens is 2. The summed E-state index contributed by atoms with van der Waals surface area (Å²) >= 11 is 0. The standard InChI is InChI=1S/C15H27N5O/c1-3-20-11-14(9-18-20)12(2)19-8-4-5-13(10-19)15(21)17-7-6-16/h9,11-13H,3-8,10,16H2,1-2H3,(H,17,21). The molecule has 0 radical (unpaired) electrons. The average Bonchev–Trinajstić information content (AvgIpc) is 3.01. The van der Waals surface area contributed by atoms with Gasteiger partial charge in [-0.25, -0.2) is 0 Å². The summed E-state index contributed by atoms with van der Waals surface area (Å²) in [5.74, 6) is 0.218. The highest BCUT2D eigenvalue weighted by Crippen LogP contribution is 2.26. The van der Waals surface area contributed by atoms with Crippen LogP contribution in [-0.2, 0) is 11.3 Å². The topological polar surface area (TPSA) is 76.2 Å². The molecular formula is C15H27N5O. The van der Waals surface area contributed by atoms with Crippen LogP contribution in [0.15, 0.2) is 12.4 Å². The summed E-state index contributed by atoms with van der Waals surface area (Å²) in [7, 11) is 0. The molecule has 2 unspecified atom stereocenters. The molecule has 0 saturated carbocycles. The van der Waals surface area contributed by atoms with Gasteiger partial charge < -0.3 is 11.1 Å². The van der Waals surface area contributed by atoms with E-state index in [0.29, 0.717) is 19.1 Å². The maximum atomic E-state index is 12.1. The average molecular weight is 293 g/mol. The first-order chi connectivity index (χ1) is 10.2. The van der Waals surface area contributed by atoms with Crippen molar-refractivity contribution in [2.24, 2.45) is 11.7 Å². The molecule has 0 aliphatic carbocycles. The van der Waals surface area contributed by atoms with Gasteiger partial charge in [-0.15, -0.1) is 0 Å². The van der Waals surface area contributed by atoms with Crippen LogP contribution in [0.3, 0.4) is 0 Å². The molecule has 1 saturated heterocycles. The quantitative estimate of drug-likeness (QED) is 0.811. The van der Waals surface area contributed by atoms with Gasteiger partial charge in [0.1, 0.15) is 0 Å². The Balaban J connectivity index is 1.95. The van der Waals surface area contributed by atoms with Crippen molar-refractivity contribution in [3.05, 3.63) is 18.0 Å². The van der Waals surface area contributed by atoms with Crippen LogP contribution in [0, 0.1) is 5.92 Å². The van der Waals surface area contributed by atoms with E-state index in [9.17, 15) is 4.79 Å². The van der Waals surface area contributed by atoms with Crippen LogP contribution in [0.5, 0.6) is 0 Å². The Kier molecular flexibility index (Phi) is 5.76. The van der Waals surface area contributed by atoms with Crippen molar-refractivity contribution in [2.75, 3.05) is 26.2 Å². The van der Waals surface area contributed by atoms with E-state index in [4.69, 9.17) is 5.73 Å². The first-order valence-electron chi connectivity index (χ1n) is 7.89. The fourth-order valence-corrected chi connectivity index (χ4v) is 2.89. The number of nitrogens with one attached hydrogen (secondary N) is 1. The summed E-state index contributed by atoms with van der Waals surface area (Å²) in [6.45, 7) is 8.07. The predicted molar refractivity (Wildman–Crippen MR) is 82.7 cm³/mol. The van der Waals surface area contributed by atoms with Crippen LogP contribution in [0.25, 0.3) is 0 Å². The number of hydrogen-bond acceptors (Lipinski definition) is 4. The summed E-state index contributed by atoms with van der Waals surface area (Å²) in [6, 6.07) is 0.301. The summed E-state index contributed by atoms with van der Waals surface area (Å²) in [5.41, 5.74) is 6.66. The Morgan fingerprint density at radius 3 is 3.10 bits per heavy atom. The highest BCUT2D eigenvalue weighted by Gasteiger charge is 2.28. The van der Waals surface area contributed by atoms with E-state index in [0.717, 1.165) is 32.5 Å². The molecule has 118 valence electrons. The number of nitrogens with two attached hydrogens (primary N) is 1. The van der Waals surface area contributed by atoms with Gasteiger partial charge in [0.15, 0.2) is 0 Å². The fourth-order valence-electron chi connectivity index (χ4n) is 2.89. The third kappa shape index (κ3) is 4.04. The first-order valence-corrected chi connectivity index (χ1v) is 7.89. The number of amides is 1. The summed E-state index contributed by atoms with van der Waals surface area (Å²) in [5, 5.41) is 7.25. The minimum absolute atomic E-state index is 0.0778. The Labute approximate surface area is 126 Å². The Morgan fingerprint density at radius 1 is 1.62 bits per heavy atom. The number of piperidine rings is 1. The molecule has 1 fully saturated rings. The van der Waals surface area contributed by atoms with E-state index < -0.39 is 0 Å². The van der Waals surface area contributed by atoms with Crippen LogP contribution >= 0.6 is 0 Å². The van der Waals surface area contributed by atoms with E-state index in [1.807, 2.05) is 10.9 Å². The van der Waals surface area contributed by atoms with Gasteiger partial charge in [-0.3, -0.25) is 14.4 Å². The largest absolute Gasteiger partial charge is 0.355 e. The van der Waals surface area contributed by atoms with Crippen molar-refractivity contribution in [2.45, 2.75) is 39.3 Å². The second-order valence-corrected chi connectivity index (χ2v) is 5.72. The molecule has 1 aromatic heterocycles. The van der Waals surface area contributed by atoms with Crippen molar-refractivity contribution >= 4 is 5.91 Å². The second-order valence-electron chi connectivity index (χ2n) is 5.72. The maximum Gasteiger partial charge on any atom is 0.224 e. The molecule has 2 atom stereocenters. The number of rotatable bonds is 6. The number of carbonyl (C=O) groups is 1. The maximum absolute atomic E-state index is 12.1. The molecule has 2 rings (SSSR count). The lowest BCUT2D eigenvalue weighted by molar-refractivity contribution is -0.126. The molecule has 1 aromatic rings. The number of hydrogen-bond donors (Lipinski definition) is 2. The van der Waals surface area contributed by atoms with Crippen LogP contribution in [0.1, 0.15) is 38.3 Å². The zero-order valence-electron chi connectivity index (χ0n) is 13.1. The molecule has 3 N–H and O–H groups in total. The van der Waals surface area contributed by atoms with Gasteiger partial charge in [0.05, 0.1) is 12.1 Å². The Hall–Kier alpha value is -1.40. The first kappa shape index (κ1) is 16.0. The minimum atomic E-state index is 0.0778. The van der Waals surface area contributed by atoms with Gasteiger partial charge in [-0.1, -0.05) is 0 Å². The van der Waals surface area contributed by atoms with Gasteiger partial charge in [-0.2, -0.15) is 5.10 Å². The van der Waals surface area contributed by atoms with Crippen molar-refractivity contribution in [1.82, 2.24) is 20.0 Å². The number of carbonyl (C=O) groups excluding carboxylic acids is 1. The minimum Gasteiger partial charge on any atom is -0.355 e. The van der Waals surface area contributed by atoms with Gasteiger partial charge >= 0.3 is 0 Å². The molecule has 2 heterocycles. The number of aryl methyl sites for hydroxylation is 1. The lowest BCUT2D eigenvalue weighted by Gasteiger charge is -2.35. The lowest BCUT2D eigenvalue weighted by atomic mass is 9.95. The summed E-state index contributed by atoms with van der Waals surface area (Å²) in [6.07, 6.45) is 6.07. The number of nitrogens with zero attached hydrogens (tertiary/aromatic N) is 3. The van der Waals surface area contributed by atoms with Crippen LogP contribution in [0.2, 0.25) is 0 Å². The predicted octanol–water partition coefficient (Wildman–Crippen LogP) is 0.751. The SMILES string of the molecule is CCn1cc(C(C)N2CCCC(C(=O)NCCN)C2)cn1. The molecule has 21 heavy (non-hydrogen) atoms. The van der Waals surface area contributed by atoms with E-state index in [2.05, 4.69) is 35.4 Å². The molecule has 0 spiro atoms. The van der Waals surface area contributed by atoms with Gasteiger partial charge in [-0.05, 0) is 33.2 Å². The highest BCUT2D eigenvalue weighted by atomic mass is 16.1. The van der Waals surface area contributed by atoms with E-state index in [1.54, 1.807) is 0 Å². The van der Waals surface area contributed by atoms with E-state index in [-0.39, 0.29) is 11.8 Å². The normalized spacial score (nSPS) is 21.2. The van der Waals surface area contributed by atoms with Crippen molar-refractivity contribution in [3.63, 3.8) is 0 Å². The zero-order valence-corrected chi connectivity index (χ0v) is 13.1. The molecule has 1 amide bonds. The Morgan fingerprint density at radius 2 is 2.43 bits per heavy atom. The van der Waals surface area contributed by atoms with Crippen LogP contribution in [0.4, 0.5) is 0 Å². The highest BCUT2D eigenvalue weighted by molar-refractivity contribution is 5.78. The summed E-state index contributed by atoms with van der Waals surface area (Å²) in [4.78, 5) is 14.5. The van der Waals surface area contributed by atoms with E-state index in [1.165, 1.54) is 5.56 Å². The molecule has 0 aromatic carbocycles. The molecule has 0 bridgehead atoms. The van der Waals surface area contributed by atoms with Crippen molar-refractivity contribution in [1.29, 1.82) is 0 Å². The smallest absolute Gasteiger partial charge is 0.224 e. The summed E-state index contributed by atoms with van der Waals surface area (Å²) < 4.78 is 1.95. The van der Waals surface area contributed by atoms with Crippen molar-refractivity contribution in [3.8, 4) is 0 Å². The third-order valence-corrected chi connectivity index (χ3v) is 4.27. The fraction of sp³-hybridized carbons (Fsp3) is 0.733. The van der Waals surface area contributed by atoms with Gasteiger partial charge in [0.2, 0.25) is 5.91 Å². The van der Waals surface area contributed by atoms with E-state index >= 15 is 0 Å². The molecule has 6 nitrogen and oxygen atoms in total.